The van der Waals surface area contributed by atoms with Crippen molar-refractivity contribution in [1.29, 1.82) is 0 Å². The summed E-state index contributed by atoms with van der Waals surface area (Å²) in [5, 5.41) is 5.62. The van der Waals surface area contributed by atoms with E-state index < -0.39 is 0 Å². The van der Waals surface area contributed by atoms with E-state index in [1.165, 1.54) is 16.2 Å². The molecule has 0 saturated heterocycles. The summed E-state index contributed by atoms with van der Waals surface area (Å²) in [5.41, 5.74) is 1.03. The zero-order chi connectivity index (χ0) is 13.1. The Hall–Kier alpha value is -1.40. The Morgan fingerprint density at radius 3 is 2.89 bits per heavy atom. The molecule has 1 N–H and O–H groups in total. The highest BCUT2D eigenvalue weighted by Crippen LogP contribution is 2.24. The minimum Gasteiger partial charge on any atom is -0.495 e. The number of carbonyl (C=O) groups excluding carboxylic acids is 1. The second-order valence-corrected chi connectivity index (χ2v) is 5.95. The smallest absolute Gasteiger partial charge is 0.265 e. The molecule has 96 valence electrons. The highest BCUT2D eigenvalue weighted by molar-refractivity contribution is 7.12. The number of aromatic nitrogens is 1. The fraction of sp³-hybridized carbons (Fsp3) is 0.333. The van der Waals surface area contributed by atoms with Gasteiger partial charge >= 0.3 is 0 Å². The first-order valence-corrected chi connectivity index (χ1v) is 7.14. The average molecular weight is 282 g/mol. The second-order valence-electron chi connectivity index (χ2n) is 3.75. The van der Waals surface area contributed by atoms with Crippen molar-refractivity contribution in [3.63, 3.8) is 0 Å². The third-order valence-electron chi connectivity index (χ3n) is 2.53. The van der Waals surface area contributed by atoms with Gasteiger partial charge in [0.1, 0.15) is 15.6 Å². The van der Waals surface area contributed by atoms with Gasteiger partial charge in [0, 0.05) is 4.88 Å². The molecule has 18 heavy (non-hydrogen) atoms. The lowest BCUT2D eigenvalue weighted by atomic mass is 10.4. The molecular weight excluding hydrogens is 268 g/mol. The highest BCUT2D eigenvalue weighted by atomic mass is 32.1. The molecule has 0 bridgehead atoms. The van der Waals surface area contributed by atoms with Gasteiger partial charge in [0.05, 0.1) is 19.3 Å². The molecule has 2 heterocycles. The maximum absolute atomic E-state index is 11.9. The largest absolute Gasteiger partial charge is 0.495 e. The number of nitrogens with one attached hydrogen (secondary N) is 1. The SMILES string of the molecule is COc1ccsc1C(=O)NCc1nc(C)c(C)s1. The first-order chi connectivity index (χ1) is 8.61. The van der Waals surface area contributed by atoms with Crippen molar-refractivity contribution >= 4 is 28.6 Å². The number of hydrogen-bond donors (Lipinski definition) is 1. The molecule has 6 heteroatoms. The molecule has 0 aliphatic heterocycles. The summed E-state index contributed by atoms with van der Waals surface area (Å²) in [7, 11) is 1.56. The number of methoxy groups -OCH3 is 1. The molecule has 2 rings (SSSR count). The summed E-state index contributed by atoms with van der Waals surface area (Å²) in [5.74, 6) is 0.497. The number of hydrogen-bond acceptors (Lipinski definition) is 5. The minimum atomic E-state index is -0.118. The predicted molar refractivity (Wildman–Crippen MR) is 73.6 cm³/mol. The molecule has 0 spiro atoms. The third-order valence-corrected chi connectivity index (χ3v) is 4.50. The van der Waals surface area contributed by atoms with Crippen molar-refractivity contribution in [3.8, 4) is 5.75 Å². The van der Waals surface area contributed by atoms with Crippen LogP contribution >= 0.6 is 22.7 Å². The molecule has 2 aromatic rings. The van der Waals surface area contributed by atoms with Crippen LogP contribution in [0.15, 0.2) is 11.4 Å². The lowest BCUT2D eigenvalue weighted by Crippen LogP contribution is -2.22. The Labute approximate surface area is 114 Å². The fourth-order valence-corrected chi connectivity index (χ4v) is 3.12. The van der Waals surface area contributed by atoms with Crippen molar-refractivity contribution in [2.75, 3.05) is 7.11 Å². The van der Waals surface area contributed by atoms with Crippen LogP contribution in [-0.4, -0.2) is 18.0 Å². The van der Waals surface area contributed by atoms with E-state index in [1.807, 2.05) is 19.2 Å². The van der Waals surface area contributed by atoms with Gasteiger partial charge < -0.3 is 10.1 Å². The van der Waals surface area contributed by atoms with Gasteiger partial charge in [-0.2, -0.15) is 0 Å². The highest BCUT2D eigenvalue weighted by Gasteiger charge is 2.14. The van der Waals surface area contributed by atoms with E-state index >= 15 is 0 Å². The lowest BCUT2D eigenvalue weighted by molar-refractivity contribution is 0.0952. The van der Waals surface area contributed by atoms with Gasteiger partial charge in [-0.25, -0.2) is 4.98 Å². The van der Waals surface area contributed by atoms with Gasteiger partial charge in [0.25, 0.3) is 5.91 Å². The molecule has 1 amide bonds. The van der Waals surface area contributed by atoms with Gasteiger partial charge in [0.2, 0.25) is 0 Å². The van der Waals surface area contributed by atoms with Gasteiger partial charge in [-0.3, -0.25) is 4.79 Å². The Morgan fingerprint density at radius 2 is 2.28 bits per heavy atom. The molecule has 4 nitrogen and oxygen atoms in total. The third kappa shape index (κ3) is 2.70. The Balaban J connectivity index is 2.00. The van der Waals surface area contributed by atoms with Gasteiger partial charge in [-0.05, 0) is 25.3 Å². The molecule has 0 unspecified atom stereocenters. The summed E-state index contributed by atoms with van der Waals surface area (Å²) in [6, 6.07) is 1.79. The number of carbonyl (C=O) groups is 1. The van der Waals surface area contributed by atoms with Crippen molar-refractivity contribution < 1.29 is 9.53 Å². The predicted octanol–water partition coefficient (Wildman–Crippen LogP) is 2.76. The number of aryl methyl sites for hydroxylation is 2. The zero-order valence-corrected chi connectivity index (χ0v) is 12.1. The molecule has 0 saturated carbocycles. The summed E-state index contributed by atoms with van der Waals surface area (Å²) >= 11 is 2.98. The molecule has 0 atom stereocenters. The van der Waals surface area contributed by atoms with Crippen molar-refractivity contribution in [2.45, 2.75) is 20.4 Å². The second kappa shape index (κ2) is 5.49. The minimum absolute atomic E-state index is 0.118. The standard InChI is InChI=1S/C12H14N2O2S2/c1-7-8(2)18-10(14-7)6-13-12(15)11-9(16-3)4-5-17-11/h4-5H,6H2,1-3H3,(H,13,15). The molecular formula is C12H14N2O2S2. The van der Waals surface area contributed by atoms with E-state index in [9.17, 15) is 4.79 Å². The van der Waals surface area contributed by atoms with Crippen LogP contribution in [0.4, 0.5) is 0 Å². The fourth-order valence-electron chi connectivity index (χ4n) is 1.47. The van der Waals surface area contributed by atoms with Crippen LogP contribution in [0, 0.1) is 13.8 Å². The van der Waals surface area contributed by atoms with Crippen LogP contribution < -0.4 is 10.1 Å². The Bertz CT molecular complexity index is 541. The molecule has 0 aromatic carbocycles. The topological polar surface area (TPSA) is 51.2 Å². The quantitative estimate of drug-likeness (QED) is 0.938. The Kier molecular flexibility index (Phi) is 3.98. The van der Waals surface area contributed by atoms with Gasteiger partial charge in [0.15, 0.2) is 0 Å². The summed E-state index contributed by atoms with van der Waals surface area (Å²) in [4.78, 5) is 18.1. The average Bonchev–Trinajstić information content (AvgIpc) is 2.94. The number of thiophene rings is 1. The van der Waals surface area contributed by atoms with E-state index in [0.717, 1.165) is 10.7 Å². The molecule has 0 fully saturated rings. The van der Waals surface area contributed by atoms with Crippen molar-refractivity contribution in [2.24, 2.45) is 0 Å². The van der Waals surface area contributed by atoms with Gasteiger partial charge in [-0.1, -0.05) is 0 Å². The molecule has 0 aliphatic carbocycles. The maximum Gasteiger partial charge on any atom is 0.265 e. The van der Waals surface area contributed by atoms with E-state index in [1.54, 1.807) is 24.5 Å². The number of ether oxygens (including phenoxy) is 1. The number of amides is 1. The Morgan fingerprint density at radius 1 is 1.50 bits per heavy atom. The number of rotatable bonds is 4. The van der Waals surface area contributed by atoms with Crippen LogP contribution in [0.1, 0.15) is 25.3 Å². The number of thiazole rings is 1. The van der Waals surface area contributed by atoms with Gasteiger partial charge in [-0.15, -0.1) is 22.7 Å². The van der Waals surface area contributed by atoms with E-state index in [0.29, 0.717) is 17.2 Å². The van der Waals surface area contributed by atoms with Crippen molar-refractivity contribution in [1.82, 2.24) is 10.3 Å². The van der Waals surface area contributed by atoms with Crippen LogP contribution in [0.25, 0.3) is 0 Å². The lowest BCUT2D eigenvalue weighted by Gasteiger charge is -2.03. The number of nitrogens with zero attached hydrogens (tertiary/aromatic N) is 1. The van der Waals surface area contributed by atoms with Crippen LogP contribution in [0.2, 0.25) is 0 Å². The monoisotopic (exact) mass is 282 g/mol. The van der Waals surface area contributed by atoms with E-state index in [2.05, 4.69) is 10.3 Å². The first-order valence-electron chi connectivity index (χ1n) is 5.44. The summed E-state index contributed by atoms with van der Waals surface area (Å²) < 4.78 is 5.12. The van der Waals surface area contributed by atoms with Crippen LogP contribution in [0.5, 0.6) is 5.75 Å². The van der Waals surface area contributed by atoms with E-state index in [4.69, 9.17) is 4.74 Å². The molecule has 2 aromatic heterocycles. The zero-order valence-electron chi connectivity index (χ0n) is 10.4. The first kappa shape index (κ1) is 13.0. The summed E-state index contributed by atoms with van der Waals surface area (Å²) in [6.45, 7) is 4.46. The van der Waals surface area contributed by atoms with Crippen LogP contribution in [-0.2, 0) is 6.54 Å². The molecule has 0 radical (unpaired) electrons. The van der Waals surface area contributed by atoms with E-state index in [-0.39, 0.29) is 5.91 Å². The van der Waals surface area contributed by atoms with Crippen LogP contribution in [0.3, 0.4) is 0 Å². The maximum atomic E-state index is 11.9. The van der Waals surface area contributed by atoms with Crippen molar-refractivity contribution in [3.05, 3.63) is 31.9 Å². The molecule has 0 aliphatic rings. The normalized spacial score (nSPS) is 10.4. The summed E-state index contributed by atoms with van der Waals surface area (Å²) in [6.07, 6.45) is 0.